The van der Waals surface area contributed by atoms with Crippen molar-refractivity contribution in [2.75, 3.05) is 23.3 Å². The molecule has 4 rings (SSSR count). The van der Waals surface area contributed by atoms with E-state index in [0.29, 0.717) is 5.82 Å². The van der Waals surface area contributed by atoms with E-state index in [4.69, 9.17) is 0 Å². The van der Waals surface area contributed by atoms with Crippen molar-refractivity contribution in [1.29, 1.82) is 0 Å². The van der Waals surface area contributed by atoms with E-state index in [1.54, 1.807) is 12.3 Å². The maximum absolute atomic E-state index is 13.2. The number of aromatic nitrogens is 5. The molecule has 1 fully saturated rings. The van der Waals surface area contributed by atoms with Gasteiger partial charge in [-0.2, -0.15) is 23.4 Å². The van der Waals surface area contributed by atoms with E-state index in [1.807, 2.05) is 0 Å². The lowest BCUT2D eigenvalue weighted by Gasteiger charge is -2.38. The second kappa shape index (κ2) is 7.27. The zero-order valence-corrected chi connectivity index (χ0v) is 16.6. The molecule has 3 aromatic heterocycles. The highest BCUT2D eigenvalue weighted by Gasteiger charge is 2.38. The number of rotatable bonds is 3. The monoisotopic (exact) mass is 422 g/mol. The average molecular weight is 422 g/mol. The van der Waals surface area contributed by atoms with E-state index in [2.05, 4.69) is 44.6 Å². The molecule has 12 heteroatoms. The summed E-state index contributed by atoms with van der Waals surface area (Å²) in [6.07, 6.45) is -0.617. The lowest BCUT2D eigenvalue weighted by Crippen LogP contribution is -2.54. The molecule has 4 heterocycles. The van der Waals surface area contributed by atoms with Crippen LogP contribution in [0.25, 0.3) is 5.65 Å². The van der Waals surface area contributed by atoms with Gasteiger partial charge in [0.05, 0.1) is 11.9 Å². The third-order valence-corrected chi connectivity index (χ3v) is 5.00. The van der Waals surface area contributed by atoms with Crippen LogP contribution in [0.4, 0.5) is 24.7 Å². The highest BCUT2D eigenvalue weighted by atomic mass is 19.4. The Morgan fingerprint density at radius 3 is 2.83 bits per heavy atom. The third-order valence-electron chi connectivity index (χ3n) is 5.00. The largest absolute Gasteiger partial charge is 0.437 e. The van der Waals surface area contributed by atoms with Gasteiger partial charge in [-0.1, -0.05) is 0 Å². The van der Waals surface area contributed by atoms with E-state index in [0.717, 1.165) is 24.0 Å². The molecule has 160 valence electrons. The number of halogens is 3. The normalized spacial score (nSPS) is 20.0. The van der Waals surface area contributed by atoms with Crippen LogP contribution >= 0.6 is 0 Å². The Balaban J connectivity index is 1.66. The van der Waals surface area contributed by atoms with E-state index in [-0.39, 0.29) is 23.3 Å². The van der Waals surface area contributed by atoms with Crippen LogP contribution in [0.1, 0.15) is 29.9 Å². The highest BCUT2D eigenvalue weighted by Crippen LogP contribution is 2.33. The lowest BCUT2D eigenvalue weighted by atomic mass is 10.1. The Hall–Kier alpha value is -3.15. The van der Waals surface area contributed by atoms with Crippen LogP contribution in [-0.2, 0) is 13.2 Å². The van der Waals surface area contributed by atoms with Crippen LogP contribution in [0.3, 0.4) is 0 Å². The Bertz CT molecular complexity index is 1090. The predicted molar refractivity (Wildman–Crippen MR) is 103 cm³/mol. The summed E-state index contributed by atoms with van der Waals surface area (Å²) < 4.78 is 41.9. The molecule has 0 aromatic carbocycles. The van der Waals surface area contributed by atoms with E-state index in [9.17, 15) is 18.0 Å². The molecule has 1 aliphatic rings. The maximum Gasteiger partial charge on any atom is 0.437 e. The Labute approximate surface area is 169 Å². The molecule has 1 amide bonds. The van der Waals surface area contributed by atoms with Gasteiger partial charge in [0.1, 0.15) is 11.4 Å². The lowest BCUT2D eigenvalue weighted by molar-refractivity contribution is -0.140. The molecule has 0 saturated carbocycles. The molecule has 0 unspecified atom stereocenters. The number of hydrogen-bond acceptors (Lipinski definition) is 6. The van der Waals surface area contributed by atoms with Crippen molar-refractivity contribution in [2.24, 2.45) is 7.05 Å². The number of carbonyl (C=O) groups is 1. The summed E-state index contributed by atoms with van der Waals surface area (Å²) in [7, 11) is 1.35. The topological polar surface area (TPSA) is 92.4 Å². The molecular formula is C18H21F3N8O. The number of carbonyl (C=O) groups excluding carboxylic acids is 1. The molecule has 9 nitrogen and oxygen atoms in total. The smallest absolute Gasteiger partial charge is 0.351 e. The van der Waals surface area contributed by atoms with Crippen LogP contribution in [0.2, 0.25) is 0 Å². The number of nitrogens with zero attached hydrogens (tertiary/aromatic N) is 6. The molecule has 2 atom stereocenters. The van der Waals surface area contributed by atoms with E-state index >= 15 is 0 Å². The van der Waals surface area contributed by atoms with Crippen LogP contribution in [-0.4, -0.2) is 55.5 Å². The number of fused-ring (bicyclic) bond motifs is 1. The van der Waals surface area contributed by atoms with Crippen molar-refractivity contribution in [2.45, 2.75) is 32.1 Å². The van der Waals surface area contributed by atoms with Crippen LogP contribution < -0.4 is 15.5 Å². The summed E-state index contributed by atoms with van der Waals surface area (Å²) in [6, 6.07) is 2.28. The number of amides is 1. The van der Waals surface area contributed by atoms with Gasteiger partial charge in [-0.25, -0.2) is 9.50 Å². The fourth-order valence-corrected chi connectivity index (χ4v) is 3.50. The molecule has 2 N–H and O–H groups in total. The predicted octanol–water partition coefficient (Wildman–Crippen LogP) is 1.92. The van der Waals surface area contributed by atoms with Crippen molar-refractivity contribution in [1.82, 2.24) is 29.7 Å². The van der Waals surface area contributed by atoms with Crippen LogP contribution in [0.15, 0.2) is 24.7 Å². The summed E-state index contributed by atoms with van der Waals surface area (Å²) in [5.41, 5.74) is -1.24. The van der Waals surface area contributed by atoms with E-state index in [1.165, 1.54) is 17.8 Å². The van der Waals surface area contributed by atoms with Crippen molar-refractivity contribution < 1.29 is 18.0 Å². The summed E-state index contributed by atoms with van der Waals surface area (Å²) in [5, 5.41) is 13.2. The first kappa shape index (κ1) is 20.1. The number of nitrogens with one attached hydrogen (secondary N) is 2. The van der Waals surface area contributed by atoms with Crippen molar-refractivity contribution in [3.05, 3.63) is 35.9 Å². The fraction of sp³-hybridized carbons (Fsp3) is 0.444. The molecule has 0 radical (unpaired) electrons. The van der Waals surface area contributed by atoms with Gasteiger partial charge in [-0.05, 0) is 19.9 Å². The summed E-state index contributed by atoms with van der Waals surface area (Å²) in [4.78, 5) is 19.5. The SMILES string of the molecule is C[C@@H]1CN(c2ccn3ncc(C(=O)Nc4cn(C)nc4C(F)(F)F)c3n2)[C@@H](C)CN1. The molecule has 3 aromatic rings. The van der Waals surface area contributed by atoms with Gasteiger partial charge >= 0.3 is 6.18 Å². The number of aryl methyl sites for hydroxylation is 1. The quantitative estimate of drug-likeness (QED) is 0.670. The van der Waals surface area contributed by atoms with Crippen LogP contribution in [0, 0.1) is 0 Å². The van der Waals surface area contributed by atoms with Gasteiger partial charge in [0.25, 0.3) is 5.91 Å². The number of hydrogen-bond donors (Lipinski definition) is 2. The molecule has 0 bridgehead atoms. The standard InChI is InChI=1S/C18H21F3N8O/c1-10-8-28(11(2)6-22-10)14-4-5-29-16(25-14)12(7-23-29)17(30)24-13-9-27(3)26-15(13)18(19,20)21/h4-5,7,9-11,22H,6,8H2,1-3H3,(H,24,30)/t10-,11+/m1/s1. The zero-order chi connectivity index (χ0) is 21.6. The second-order valence-electron chi connectivity index (χ2n) is 7.44. The number of alkyl halides is 3. The minimum Gasteiger partial charge on any atom is -0.351 e. The van der Waals surface area contributed by atoms with Crippen molar-refractivity contribution in [3.8, 4) is 0 Å². The number of piperazine rings is 1. The highest BCUT2D eigenvalue weighted by molar-refractivity contribution is 6.08. The van der Waals surface area contributed by atoms with Gasteiger partial charge in [-0.15, -0.1) is 0 Å². The Morgan fingerprint density at radius 1 is 1.33 bits per heavy atom. The van der Waals surface area contributed by atoms with Crippen molar-refractivity contribution >= 4 is 23.1 Å². The van der Waals surface area contributed by atoms with E-state index < -0.39 is 23.5 Å². The Kier molecular flexibility index (Phi) is 4.88. The molecular weight excluding hydrogens is 401 g/mol. The fourth-order valence-electron chi connectivity index (χ4n) is 3.50. The van der Waals surface area contributed by atoms with Gasteiger partial charge in [-0.3, -0.25) is 9.48 Å². The Morgan fingerprint density at radius 2 is 2.10 bits per heavy atom. The zero-order valence-electron chi connectivity index (χ0n) is 16.6. The second-order valence-corrected chi connectivity index (χ2v) is 7.44. The molecule has 1 aliphatic heterocycles. The van der Waals surface area contributed by atoms with Gasteiger partial charge in [0.2, 0.25) is 0 Å². The maximum atomic E-state index is 13.2. The summed E-state index contributed by atoms with van der Waals surface area (Å²) in [5.74, 6) is -0.0647. The third kappa shape index (κ3) is 3.70. The molecule has 0 aliphatic carbocycles. The van der Waals surface area contributed by atoms with Gasteiger partial charge in [0.15, 0.2) is 11.3 Å². The summed E-state index contributed by atoms with van der Waals surface area (Å²) >= 11 is 0. The molecule has 0 spiro atoms. The molecule has 1 saturated heterocycles. The summed E-state index contributed by atoms with van der Waals surface area (Å²) in [6.45, 7) is 5.67. The average Bonchev–Trinajstić information content (AvgIpc) is 3.26. The minimum absolute atomic E-state index is 0.0738. The number of anilines is 2. The first-order valence-electron chi connectivity index (χ1n) is 9.40. The minimum atomic E-state index is -4.69. The first-order chi connectivity index (χ1) is 14.1. The van der Waals surface area contributed by atoms with Crippen molar-refractivity contribution in [3.63, 3.8) is 0 Å². The van der Waals surface area contributed by atoms with Gasteiger partial charge in [0, 0.05) is 44.6 Å². The molecule has 30 heavy (non-hydrogen) atoms. The van der Waals surface area contributed by atoms with Crippen LogP contribution in [0.5, 0.6) is 0 Å². The van der Waals surface area contributed by atoms with Gasteiger partial charge < -0.3 is 15.5 Å². The first-order valence-corrected chi connectivity index (χ1v) is 9.40.